The number of carbonyl (C=O) groups excluding carboxylic acids is 1. The normalized spacial score (nSPS) is 24.9. The summed E-state index contributed by atoms with van der Waals surface area (Å²) in [6.07, 6.45) is 0.415. The first kappa shape index (κ1) is 15.4. The fourth-order valence-electron chi connectivity index (χ4n) is 3.37. The molecule has 2 aliphatic rings. The molecule has 2 amide bonds. The molecule has 1 saturated heterocycles. The molecule has 2 aromatic carbocycles. The van der Waals surface area contributed by atoms with Crippen LogP contribution in [0.4, 0.5) is 19.3 Å². The lowest BCUT2D eigenvalue weighted by Gasteiger charge is -2.50. The summed E-state index contributed by atoms with van der Waals surface area (Å²) in [6.45, 7) is 1.70. The molecule has 0 unspecified atom stereocenters. The van der Waals surface area contributed by atoms with Crippen molar-refractivity contribution in [3.8, 4) is 5.75 Å². The number of amides is 2. The van der Waals surface area contributed by atoms with Crippen molar-refractivity contribution in [2.24, 2.45) is 0 Å². The van der Waals surface area contributed by atoms with Crippen LogP contribution in [0.15, 0.2) is 40.9 Å². The Balaban J connectivity index is 1.83. The van der Waals surface area contributed by atoms with Gasteiger partial charge in [0.05, 0.1) is 11.7 Å². The third-order valence-corrected chi connectivity index (χ3v) is 4.88. The van der Waals surface area contributed by atoms with Gasteiger partial charge in [0.15, 0.2) is 5.72 Å². The predicted octanol–water partition coefficient (Wildman–Crippen LogP) is 4.50. The van der Waals surface area contributed by atoms with Gasteiger partial charge in [-0.2, -0.15) is 0 Å². The first-order chi connectivity index (χ1) is 11.4. The van der Waals surface area contributed by atoms with Crippen molar-refractivity contribution < 1.29 is 18.3 Å². The number of anilines is 1. The van der Waals surface area contributed by atoms with E-state index >= 15 is 0 Å². The van der Waals surface area contributed by atoms with Crippen LogP contribution in [0.5, 0.6) is 5.75 Å². The van der Waals surface area contributed by atoms with E-state index in [0.29, 0.717) is 12.2 Å². The van der Waals surface area contributed by atoms with E-state index in [0.717, 1.165) is 33.1 Å². The topological polar surface area (TPSA) is 41.6 Å². The van der Waals surface area contributed by atoms with E-state index < -0.39 is 23.4 Å². The van der Waals surface area contributed by atoms with Gasteiger partial charge in [0.1, 0.15) is 17.4 Å². The van der Waals surface area contributed by atoms with Gasteiger partial charge in [-0.3, -0.25) is 4.90 Å². The highest BCUT2D eigenvalue weighted by Crippen LogP contribution is 2.46. The van der Waals surface area contributed by atoms with E-state index in [1.54, 1.807) is 13.0 Å². The van der Waals surface area contributed by atoms with E-state index in [4.69, 9.17) is 4.74 Å². The van der Waals surface area contributed by atoms with Crippen LogP contribution in [-0.2, 0) is 0 Å². The van der Waals surface area contributed by atoms with E-state index in [1.165, 1.54) is 0 Å². The van der Waals surface area contributed by atoms with Gasteiger partial charge < -0.3 is 10.1 Å². The lowest BCUT2D eigenvalue weighted by atomic mass is 9.90. The van der Waals surface area contributed by atoms with E-state index in [-0.39, 0.29) is 11.7 Å². The molecule has 2 heterocycles. The summed E-state index contributed by atoms with van der Waals surface area (Å²) in [5.41, 5.74) is -0.397. The number of halogens is 3. The number of nitrogens with zero attached hydrogens (tertiary/aromatic N) is 1. The molecule has 0 aliphatic carbocycles. The van der Waals surface area contributed by atoms with E-state index in [1.807, 2.05) is 12.1 Å². The summed E-state index contributed by atoms with van der Waals surface area (Å²) in [7, 11) is 0. The highest BCUT2D eigenvalue weighted by Gasteiger charge is 2.50. The molecular weight excluding hydrogens is 382 g/mol. The molecule has 24 heavy (non-hydrogen) atoms. The van der Waals surface area contributed by atoms with Gasteiger partial charge in [0.2, 0.25) is 0 Å². The van der Waals surface area contributed by atoms with Crippen molar-refractivity contribution in [1.29, 1.82) is 0 Å². The molecule has 2 aromatic rings. The van der Waals surface area contributed by atoms with Gasteiger partial charge in [-0.25, -0.2) is 13.6 Å². The number of fused-ring (bicyclic) bond motifs is 4. The Morgan fingerprint density at radius 1 is 1.29 bits per heavy atom. The molecule has 4 rings (SSSR count). The third kappa shape index (κ3) is 2.26. The van der Waals surface area contributed by atoms with Gasteiger partial charge in [0, 0.05) is 22.5 Å². The maximum Gasteiger partial charge on any atom is 0.325 e. The first-order valence-electron chi connectivity index (χ1n) is 7.42. The van der Waals surface area contributed by atoms with Crippen LogP contribution in [0.2, 0.25) is 0 Å². The number of rotatable bonds is 1. The summed E-state index contributed by atoms with van der Waals surface area (Å²) < 4.78 is 34.7. The van der Waals surface area contributed by atoms with Crippen molar-refractivity contribution in [2.45, 2.75) is 25.1 Å². The Morgan fingerprint density at radius 3 is 2.88 bits per heavy atom. The first-order valence-corrected chi connectivity index (χ1v) is 8.21. The molecule has 2 atom stereocenters. The fraction of sp³-hybridized carbons (Fsp3) is 0.235. The fourth-order valence-corrected chi connectivity index (χ4v) is 3.75. The SMILES string of the molecule is C[C@@]12C[C@H](NC(=O)N1c1cc(F)ccc1F)c1cc(Br)ccc1O2. The highest BCUT2D eigenvalue weighted by molar-refractivity contribution is 9.10. The van der Waals surface area contributed by atoms with Gasteiger partial charge in [-0.1, -0.05) is 15.9 Å². The Labute approximate surface area is 145 Å². The van der Waals surface area contributed by atoms with Crippen LogP contribution in [0.25, 0.3) is 0 Å². The second-order valence-electron chi connectivity index (χ2n) is 6.10. The second kappa shape index (κ2) is 5.17. The maximum absolute atomic E-state index is 14.2. The van der Waals surface area contributed by atoms with Crippen LogP contribution in [0.3, 0.4) is 0 Å². The molecule has 2 bridgehead atoms. The van der Waals surface area contributed by atoms with Crippen LogP contribution in [-0.4, -0.2) is 11.8 Å². The predicted molar refractivity (Wildman–Crippen MR) is 87.9 cm³/mol. The molecule has 1 fully saturated rings. The quantitative estimate of drug-likeness (QED) is 0.773. The zero-order chi connectivity index (χ0) is 17.1. The standard InChI is InChI=1S/C17H13BrF2N2O2/c1-17-8-13(11-6-9(18)2-5-15(11)24-17)21-16(23)22(17)14-7-10(19)3-4-12(14)20/h2-7,13H,8H2,1H3,(H,21,23)/t13-,17+/m0/s1. The largest absolute Gasteiger partial charge is 0.467 e. The second-order valence-corrected chi connectivity index (χ2v) is 7.01. The smallest absolute Gasteiger partial charge is 0.325 e. The van der Waals surface area contributed by atoms with Crippen LogP contribution < -0.4 is 15.0 Å². The summed E-state index contributed by atoms with van der Waals surface area (Å²) in [5.74, 6) is -0.694. The monoisotopic (exact) mass is 394 g/mol. The average molecular weight is 395 g/mol. The van der Waals surface area contributed by atoms with Crippen LogP contribution in [0.1, 0.15) is 24.9 Å². The van der Waals surface area contributed by atoms with Crippen molar-refractivity contribution in [3.63, 3.8) is 0 Å². The van der Waals surface area contributed by atoms with E-state index in [9.17, 15) is 13.6 Å². The Bertz CT molecular complexity index is 860. The Hall–Kier alpha value is -2.15. The van der Waals surface area contributed by atoms with Crippen LogP contribution in [0, 0.1) is 11.6 Å². The molecular formula is C17H13BrF2N2O2. The molecule has 0 spiro atoms. The zero-order valence-electron chi connectivity index (χ0n) is 12.6. The number of hydrogen-bond acceptors (Lipinski definition) is 2. The average Bonchev–Trinajstić information content (AvgIpc) is 2.51. The lowest BCUT2D eigenvalue weighted by Crippen LogP contribution is -2.65. The Kier molecular flexibility index (Phi) is 3.32. The highest BCUT2D eigenvalue weighted by atomic mass is 79.9. The van der Waals surface area contributed by atoms with E-state index in [2.05, 4.69) is 21.2 Å². The molecule has 0 radical (unpaired) electrons. The van der Waals surface area contributed by atoms with Crippen molar-refractivity contribution in [2.75, 3.05) is 4.90 Å². The maximum atomic E-state index is 14.2. The van der Waals surface area contributed by atoms with Gasteiger partial charge in [-0.05, 0) is 37.3 Å². The van der Waals surface area contributed by atoms with Crippen molar-refractivity contribution >= 4 is 27.6 Å². The summed E-state index contributed by atoms with van der Waals surface area (Å²) >= 11 is 3.40. The van der Waals surface area contributed by atoms with Crippen molar-refractivity contribution in [1.82, 2.24) is 5.32 Å². The van der Waals surface area contributed by atoms with Crippen LogP contribution >= 0.6 is 15.9 Å². The molecule has 0 aromatic heterocycles. The molecule has 124 valence electrons. The molecule has 0 saturated carbocycles. The minimum Gasteiger partial charge on any atom is -0.467 e. The zero-order valence-corrected chi connectivity index (χ0v) is 14.2. The minimum atomic E-state index is -1.11. The number of hydrogen-bond donors (Lipinski definition) is 1. The van der Waals surface area contributed by atoms with Gasteiger partial charge in [-0.15, -0.1) is 0 Å². The number of nitrogens with one attached hydrogen (secondary N) is 1. The summed E-state index contributed by atoms with van der Waals surface area (Å²) in [4.78, 5) is 13.8. The third-order valence-electron chi connectivity index (χ3n) is 4.38. The Morgan fingerprint density at radius 2 is 2.08 bits per heavy atom. The molecule has 2 aliphatic heterocycles. The molecule has 7 heteroatoms. The number of ether oxygens (including phenoxy) is 1. The number of urea groups is 1. The molecule has 1 N–H and O–H groups in total. The van der Waals surface area contributed by atoms with Crippen molar-refractivity contribution in [3.05, 3.63) is 58.1 Å². The van der Waals surface area contributed by atoms with Gasteiger partial charge >= 0.3 is 6.03 Å². The minimum absolute atomic E-state index is 0.144. The number of carbonyl (C=O) groups is 1. The summed E-state index contributed by atoms with van der Waals surface area (Å²) in [5, 5.41) is 2.85. The lowest BCUT2D eigenvalue weighted by molar-refractivity contribution is 0.0372. The molecule has 4 nitrogen and oxygen atoms in total. The van der Waals surface area contributed by atoms with Gasteiger partial charge in [0.25, 0.3) is 0 Å². The number of benzene rings is 2. The summed E-state index contributed by atoms with van der Waals surface area (Å²) in [6, 6.07) is 7.75.